The van der Waals surface area contributed by atoms with Crippen molar-refractivity contribution in [3.05, 3.63) is 0 Å². The first-order valence-electron chi connectivity index (χ1n) is 7.40. The van der Waals surface area contributed by atoms with Gasteiger partial charge >= 0.3 is 0 Å². The Morgan fingerprint density at radius 2 is 2.00 bits per heavy atom. The summed E-state index contributed by atoms with van der Waals surface area (Å²) in [6.45, 7) is 8.81. The molecule has 5 heteroatoms. The number of rotatable bonds is 8. The van der Waals surface area contributed by atoms with Crippen LogP contribution in [0.2, 0.25) is 0 Å². The minimum Gasteiger partial charge on any atom is -0.395 e. The maximum absolute atomic E-state index is 12.0. The molecule has 0 aromatic rings. The molecule has 4 nitrogen and oxygen atoms in total. The van der Waals surface area contributed by atoms with Gasteiger partial charge in [0.1, 0.15) is 0 Å². The van der Waals surface area contributed by atoms with Crippen LogP contribution in [0, 0.1) is 0 Å². The molecular formula is C14H28N2O2S. The lowest BCUT2D eigenvalue weighted by molar-refractivity contribution is -0.133. The maximum Gasteiger partial charge on any atom is 0.222 e. The second-order valence-corrected chi connectivity index (χ2v) is 6.69. The average Bonchev–Trinajstić information content (AvgIpc) is 2.44. The highest BCUT2D eigenvalue weighted by atomic mass is 32.2. The Balaban J connectivity index is 2.10. The lowest BCUT2D eigenvalue weighted by Gasteiger charge is -2.34. The molecule has 112 valence electrons. The van der Waals surface area contributed by atoms with Gasteiger partial charge in [-0.25, -0.2) is 0 Å². The topological polar surface area (TPSA) is 43.8 Å². The maximum atomic E-state index is 12.0. The molecule has 0 aromatic heterocycles. The van der Waals surface area contributed by atoms with Crippen molar-refractivity contribution in [1.29, 1.82) is 0 Å². The van der Waals surface area contributed by atoms with E-state index in [1.807, 2.05) is 16.7 Å². The third-order valence-corrected chi connectivity index (χ3v) is 5.08. The van der Waals surface area contributed by atoms with Gasteiger partial charge in [0.2, 0.25) is 5.91 Å². The fraction of sp³-hybridized carbons (Fsp3) is 0.929. The summed E-state index contributed by atoms with van der Waals surface area (Å²) in [5.41, 5.74) is 0. The van der Waals surface area contributed by atoms with Gasteiger partial charge in [0.15, 0.2) is 0 Å². The molecule has 0 aromatic carbocycles. The van der Waals surface area contributed by atoms with Gasteiger partial charge in [-0.3, -0.25) is 9.69 Å². The molecule has 0 spiro atoms. The van der Waals surface area contributed by atoms with Gasteiger partial charge in [-0.2, -0.15) is 11.8 Å². The summed E-state index contributed by atoms with van der Waals surface area (Å²) in [5, 5.41) is 9.58. The summed E-state index contributed by atoms with van der Waals surface area (Å²) >= 11 is 1.97. The van der Waals surface area contributed by atoms with Crippen LogP contribution in [0.5, 0.6) is 0 Å². The van der Waals surface area contributed by atoms with Gasteiger partial charge in [0.25, 0.3) is 0 Å². The quantitative estimate of drug-likeness (QED) is 0.686. The highest BCUT2D eigenvalue weighted by Crippen LogP contribution is 2.15. The second kappa shape index (κ2) is 9.61. The largest absolute Gasteiger partial charge is 0.395 e. The number of carbonyl (C=O) groups is 1. The molecule has 0 saturated carbocycles. The van der Waals surface area contributed by atoms with Crippen molar-refractivity contribution < 1.29 is 9.90 Å². The number of carbonyl (C=O) groups excluding carboxylic acids is 1. The molecule has 0 aliphatic carbocycles. The SMILES string of the molecule is CCC(C)SCCCC(=O)N1CCN(CCO)CC1. The van der Waals surface area contributed by atoms with Crippen molar-refractivity contribution >= 4 is 17.7 Å². The molecule has 19 heavy (non-hydrogen) atoms. The van der Waals surface area contributed by atoms with Gasteiger partial charge in [0, 0.05) is 44.4 Å². The zero-order valence-corrected chi connectivity index (χ0v) is 13.1. The first kappa shape index (κ1) is 16.8. The molecule has 1 aliphatic rings. The van der Waals surface area contributed by atoms with Crippen molar-refractivity contribution in [1.82, 2.24) is 9.80 Å². The van der Waals surface area contributed by atoms with Crippen LogP contribution in [-0.2, 0) is 4.79 Å². The third kappa shape index (κ3) is 6.63. The second-order valence-electron chi connectivity index (χ2n) is 5.14. The first-order valence-corrected chi connectivity index (χ1v) is 8.44. The Labute approximate surface area is 121 Å². The molecule has 1 N–H and O–H groups in total. The normalized spacial score (nSPS) is 18.6. The predicted octanol–water partition coefficient (Wildman–Crippen LogP) is 1.43. The van der Waals surface area contributed by atoms with E-state index < -0.39 is 0 Å². The first-order chi connectivity index (χ1) is 9.17. The Kier molecular flexibility index (Phi) is 8.50. The number of amides is 1. The molecule has 0 radical (unpaired) electrons. The number of piperazine rings is 1. The number of hydrogen-bond donors (Lipinski definition) is 1. The molecule has 1 rings (SSSR count). The summed E-state index contributed by atoms with van der Waals surface area (Å²) in [4.78, 5) is 16.2. The van der Waals surface area contributed by atoms with E-state index in [0.29, 0.717) is 17.6 Å². The zero-order valence-electron chi connectivity index (χ0n) is 12.3. The highest BCUT2D eigenvalue weighted by Gasteiger charge is 2.20. The Morgan fingerprint density at radius 3 is 2.58 bits per heavy atom. The van der Waals surface area contributed by atoms with Crippen molar-refractivity contribution in [2.45, 2.75) is 38.4 Å². The molecule has 1 fully saturated rings. The van der Waals surface area contributed by atoms with Crippen LogP contribution in [0.1, 0.15) is 33.1 Å². The van der Waals surface area contributed by atoms with Crippen molar-refractivity contribution in [3.8, 4) is 0 Å². The van der Waals surface area contributed by atoms with E-state index in [9.17, 15) is 4.79 Å². The van der Waals surface area contributed by atoms with Crippen molar-refractivity contribution in [2.75, 3.05) is 45.1 Å². The van der Waals surface area contributed by atoms with Crippen LogP contribution < -0.4 is 0 Å². The van der Waals surface area contributed by atoms with Gasteiger partial charge in [0.05, 0.1) is 6.61 Å². The number of β-amino-alcohol motifs (C(OH)–C–C–N with tert-alkyl or cyclic N) is 1. The summed E-state index contributed by atoms with van der Waals surface area (Å²) < 4.78 is 0. The van der Waals surface area contributed by atoms with E-state index in [1.54, 1.807) is 0 Å². The molecule has 0 bridgehead atoms. The fourth-order valence-electron chi connectivity index (χ4n) is 2.15. The van der Waals surface area contributed by atoms with Gasteiger partial charge in [-0.05, 0) is 18.6 Å². The fourth-order valence-corrected chi connectivity index (χ4v) is 3.10. The van der Waals surface area contributed by atoms with E-state index in [4.69, 9.17) is 5.11 Å². The van der Waals surface area contributed by atoms with Crippen LogP contribution in [0.3, 0.4) is 0 Å². The van der Waals surface area contributed by atoms with E-state index in [0.717, 1.165) is 44.9 Å². The summed E-state index contributed by atoms with van der Waals surface area (Å²) in [6.07, 6.45) is 2.87. The smallest absolute Gasteiger partial charge is 0.222 e. The van der Waals surface area contributed by atoms with Gasteiger partial charge < -0.3 is 10.0 Å². The molecule has 1 saturated heterocycles. The number of thioether (sulfide) groups is 1. The molecule has 1 atom stereocenters. The van der Waals surface area contributed by atoms with Crippen LogP contribution in [0.25, 0.3) is 0 Å². The lowest BCUT2D eigenvalue weighted by Crippen LogP contribution is -2.49. The summed E-state index contributed by atoms with van der Waals surface area (Å²) in [6, 6.07) is 0. The zero-order chi connectivity index (χ0) is 14.1. The monoisotopic (exact) mass is 288 g/mol. The van der Waals surface area contributed by atoms with E-state index in [-0.39, 0.29) is 6.61 Å². The lowest BCUT2D eigenvalue weighted by atomic mass is 10.2. The van der Waals surface area contributed by atoms with E-state index in [2.05, 4.69) is 18.7 Å². The van der Waals surface area contributed by atoms with Crippen LogP contribution in [-0.4, -0.2) is 71.1 Å². The Bertz CT molecular complexity index is 256. The van der Waals surface area contributed by atoms with Gasteiger partial charge in [-0.15, -0.1) is 0 Å². The highest BCUT2D eigenvalue weighted by molar-refractivity contribution is 7.99. The molecule has 1 amide bonds. The standard InChI is InChI=1S/C14H28N2O2S/c1-3-13(2)19-12-4-5-14(18)16-8-6-15(7-9-16)10-11-17/h13,17H,3-12H2,1-2H3. The van der Waals surface area contributed by atoms with E-state index >= 15 is 0 Å². The minimum atomic E-state index is 0.209. The summed E-state index contributed by atoms with van der Waals surface area (Å²) in [5.74, 6) is 1.39. The third-order valence-electron chi connectivity index (χ3n) is 3.65. The van der Waals surface area contributed by atoms with Crippen molar-refractivity contribution in [2.24, 2.45) is 0 Å². The Hall–Kier alpha value is -0.260. The minimum absolute atomic E-state index is 0.209. The van der Waals surface area contributed by atoms with Crippen LogP contribution in [0.4, 0.5) is 0 Å². The van der Waals surface area contributed by atoms with Crippen LogP contribution >= 0.6 is 11.8 Å². The molecule has 1 unspecified atom stereocenters. The number of aliphatic hydroxyl groups is 1. The summed E-state index contributed by atoms with van der Waals surface area (Å²) in [7, 11) is 0. The van der Waals surface area contributed by atoms with Gasteiger partial charge in [-0.1, -0.05) is 13.8 Å². The predicted molar refractivity (Wildman–Crippen MR) is 81.6 cm³/mol. The Morgan fingerprint density at radius 1 is 1.32 bits per heavy atom. The molecule has 1 heterocycles. The number of hydrogen-bond acceptors (Lipinski definition) is 4. The van der Waals surface area contributed by atoms with Crippen molar-refractivity contribution in [3.63, 3.8) is 0 Å². The van der Waals surface area contributed by atoms with E-state index in [1.165, 1.54) is 6.42 Å². The average molecular weight is 288 g/mol. The molecular weight excluding hydrogens is 260 g/mol. The number of aliphatic hydroxyl groups excluding tert-OH is 1. The number of nitrogens with zero attached hydrogens (tertiary/aromatic N) is 2. The van der Waals surface area contributed by atoms with Crippen LogP contribution in [0.15, 0.2) is 0 Å². The molecule has 1 aliphatic heterocycles.